The van der Waals surface area contributed by atoms with Gasteiger partial charge in [-0.1, -0.05) is 48.0 Å². The first-order valence-electron chi connectivity index (χ1n) is 9.09. The Morgan fingerprint density at radius 3 is 2.62 bits per heavy atom. The number of benzene rings is 2. The quantitative estimate of drug-likeness (QED) is 0.536. The first-order valence-corrected chi connectivity index (χ1v) is 9.47. The second kappa shape index (κ2) is 7.93. The Hall–Kier alpha value is -3.38. The maximum Gasteiger partial charge on any atom is 0.254 e. The summed E-state index contributed by atoms with van der Waals surface area (Å²) in [5.41, 5.74) is 3.38. The van der Waals surface area contributed by atoms with E-state index in [1.54, 1.807) is 11.8 Å². The number of aryl methyl sites for hydroxylation is 1. The van der Waals surface area contributed by atoms with Crippen molar-refractivity contribution in [3.05, 3.63) is 82.6 Å². The number of nitrogens with one attached hydrogen (secondary N) is 1. The van der Waals surface area contributed by atoms with Gasteiger partial charge in [0.15, 0.2) is 5.65 Å². The Morgan fingerprint density at radius 1 is 1.14 bits per heavy atom. The topological polar surface area (TPSA) is 69.0 Å². The molecule has 0 bridgehead atoms. The number of aromatic nitrogens is 3. The van der Waals surface area contributed by atoms with Gasteiger partial charge in [0.25, 0.3) is 5.91 Å². The van der Waals surface area contributed by atoms with E-state index in [1.165, 1.54) is 6.20 Å². The van der Waals surface area contributed by atoms with Crippen LogP contribution in [0.15, 0.2) is 60.8 Å². The predicted molar refractivity (Wildman–Crippen MR) is 113 cm³/mol. The van der Waals surface area contributed by atoms with E-state index in [0.717, 1.165) is 11.3 Å². The fourth-order valence-corrected chi connectivity index (χ4v) is 3.59. The Labute approximate surface area is 173 Å². The zero-order valence-electron chi connectivity index (χ0n) is 16.0. The molecule has 7 heteroatoms. The number of para-hydroxylation sites is 2. The highest BCUT2D eigenvalue weighted by Gasteiger charge is 2.20. The lowest BCUT2D eigenvalue weighted by atomic mass is 10.1. The van der Waals surface area contributed by atoms with Crippen LogP contribution in [0.4, 0.5) is 0 Å². The van der Waals surface area contributed by atoms with Gasteiger partial charge in [0.1, 0.15) is 5.75 Å². The number of halogens is 1. The molecule has 0 unspecified atom stereocenters. The van der Waals surface area contributed by atoms with Crippen LogP contribution in [0.5, 0.6) is 5.75 Å². The van der Waals surface area contributed by atoms with Crippen molar-refractivity contribution >= 4 is 28.5 Å². The molecule has 0 aliphatic carbocycles. The summed E-state index contributed by atoms with van der Waals surface area (Å²) in [5.74, 6) is 0.412. The number of carbonyl (C=O) groups is 1. The van der Waals surface area contributed by atoms with Crippen LogP contribution >= 0.6 is 11.6 Å². The third-order valence-corrected chi connectivity index (χ3v) is 5.08. The van der Waals surface area contributed by atoms with Gasteiger partial charge in [0, 0.05) is 18.3 Å². The molecule has 0 saturated carbocycles. The number of hydrogen-bond acceptors (Lipinski definition) is 4. The number of fused-ring (bicyclic) bond motifs is 1. The molecule has 6 nitrogen and oxygen atoms in total. The van der Waals surface area contributed by atoms with E-state index in [1.807, 2.05) is 61.5 Å². The van der Waals surface area contributed by atoms with Gasteiger partial charge in [-0.3, -0.25) is 4.79 Å². The molecule has 0 aliphatic heterocycles. The van der Waals surface area contributed by atoms with Gasteiger partial charge in [-0.15, -0.1) is 0 Å². The van der Waals surface area contributed by atoms with Crippen molar-refractivity contribution in [1.29, 1.82) is 0 Å². The lowest BCUT2D eigenvalue weighted by molar-refractivity contribution is 0.0950. The van der Waals surface area contributed by atoms with E-state index in [-0.39, 0.29) is 5.91 Å². The fraction of sp³-hybridized carbons (Fsp3) is 0.136. The minimum absolute atomic E-state index is 0.304. The van der Waals surface area contributed by atoms with Gasteiger partial charge < -0.3 is 10.1 Å². The number of pyridine rings is 1. The van der Waals surface area contributed by atoms with E-state index in [9.17, 15) is 4.79 Å². The van der Waals surface area contributed by atoms with Crippen LogP contribution in [0.1, 0.15) is 21.6 Å². The van der Waals surface area contributed by atoms with Crippen LogP contribution in [-0.2, 0) is 6.54 Å². The van der Waals surface area contributed by atoms with Crippen molar-refractivity contribution in [2.24, 2.45) is 0 Å². The maximum absolute atomic E-state index is 12.8. The highest BCUT2D eigenvalue weighted by atomic mass is 35.5. The summed E-state index contributed by atoms with van der Waals surface area (Å²) < 4.78 is 7.05. The van der Waals surface area contributed by atoms with Crippen molar-refractivity contribution in [3.63, 3.8) is 0 Å². The van der Waals surface area contributed by atoms with E-state index >= 15 is 0 Å². The van der Waals surface area contributed by atoms with Gasteiger partial charge >= 0.3 is 0 Å². The van der Waals surface area contributed by atoms with E-state index < -0.39 is 0 Å². The number of nitrogens with zero attached hydrogens (tertiary/aromatic N) is 3. The molecule has 2 heterocycles. The molecule has 0 saturated heterocycles. The largest absolute Gasteiger partial charge is 0.496 e. The molecule has 1 N–H and O–H groups in total. The lowest BCUT2D eigenvalue weighted by Crippen LogP contribution is -2.23. The van der Waals surface area contributed by atoms with Gasteiger partial charge in [0.05, 0.1) is 34.5 Å². The van der Waals surface area contributed by atoms with Crippen LogP contribution in [0.2, 0.25) is 5.02 Å². The zero-order valence-corrected chi connectivity index (χ0v) is 16.8. The molecule has 4 rings (SSSR count). The molecular formula is C22H19ClN4O2. The SMILES string of the molecule is COc1ccccc1CNC(=O)c1cnc2c(c(C)nn2-c2ccccc2)c1Cl. The van der Waals surface area contributed by atoms with Gasteiger partial charge in [0.2, 0.25) is 0 Å². The number of rotatable bonds is 5. The van der Waals surface area contributed by atoms with E-state index in [0.29, 0.717) is 39.6 Å². The first kappa shape index (κ1) is 19.0. The number of methoxy groups -OCH3 is 1. The van der Waals surface area contributed by atoms with Crippen LogP contribution in [0.3, 0.4) is 0 Å². The Morgan fingerprint density at radius 2 is 1.86 bits per heavy atom. The molecule has 2 aromatic heterocycles. The zero-order chi connectivity index (χ0) is 20.4. The van der Waals surface area contributed by atoms with Crippen LogP contribution < -0.4 is 10.1 Å². The summed E-state index contributed by atoms with van der Waals surface area (Å²) in [6.45, 7) is 2.17. The van der Waals surface area contributed by atoms with Crippen LogP contribution in [0, 0.1) is 6.92 Å². The Balaban J connectivity index is 1.66. The average molecular weight is 407 g/mol. The molecule has 0 spiro atoms. The third kappa shape index (κ3) is 3.54. The number of hydrogen-bond donors (Lipinski definition) is 1. The van der Waals surface area contributed by atoms with Crippen LogP contribution in [-0.4, -0.2) is 27.8 Å². The lowest BCUT2D eigenvalue weighted by Gasteiger charge is -2.10. The second-order valence-electron chi connectivity index (χ2n) is 6.51. The first-order chi connectivity index (χ1) is 14.1. The maximum atomic E-state index is 12.8. The number of ether oxygens (including phenoxy) is 1. The highest BCUT2D eigenvalue weighted by Crippen LogP contribution is 2.30. The highest BCUT2D eigenvalue weighted by molar-refractivity contribution is 6.38. The predicted octanol–water partition coefficient (Wildman–Crippen LogP) is 4.32. The Bertz CT molecular complexity index is 1190. The van der Waals surface area contributed by atoms with Crippen molar-refractivity contribution < 1.29 is 9.53 Å². The van der Waals surface area contributed by atoms with E-state index in [4.69, 9.17) is 16.3 Å². The molecule has 146 valence electrons. The number of carbonyl (C=O) groups excluding carboxylic acids is 1. The summed E-state index contributed by atoms with van der Waals surface area (Å²) in [6, 6.07) is 17.2. The van der Waals surface area contributed by atoms with Crippen molar-refractivity contribution in [2.45, 2.75) is 13.5 Å². The molecular weight excluding hydrogens is 388 g/mol. The van der Waals surface area contributed by atoms with Crippen molar-refractivity contribution in [2.75, 3.05) is 7.11 Å². The Kier molecular flexibility index (Phi) is 5.18. The van der Waals surface area contributed by atoms with Crippen molar-refractivity contribution in [1.82, 2.24) is 20.1 Å². The van der Waals surface area contributed by atoms with Gasteiger partial charge in [-0.25, -0.2) is 9.67 Å². The summed E-state index contributed by atoms with van der Waals surface area (Å²) in [5, 5.41) is 8.45. The summed E-state index contributed by atoms with van der Waals surface area (Å²) in [7, 11) is 1.60. The molecule has 1 amide bonds. The minimum Gasteiger partial charge on any atom is -0.496 e. The summed E-state index contributed by atoms with van der Waals surface area (Å²) in [4.78, 5) is 17.2. The summed E-state index contributed by atoms with van der Waals surface area (Å²) >= 11 is 6.60. The van der Waals surface area contributed by atoms with E-state index in [2.05, 4.69) is 15.4 Å². The fourth-order valence-electron chi connectivity index (χ4n) is 3.24. The normalized spacial score (nSPS) is 10.9. The smallest absolute Gasteiger partial charge is 0.254 e. The molecule has 0 aliphatic rings. The molecule has 0 radical (unpaired) electrons. The molecule has 0 fully saturated rings. The standard InChI is InChI=1S/C22H19ClN4O2/c1-14-19-20(23)17(22(28)25-12-15-8-6-7-11-18(15)29-2)13-24-21(19)27(26-14)16-9-4-3-5-10-16/h3-11,13H,12H2,1-2H3,(H,25,28). The van der Waals surface area contributed by atoms with Gasteiger partial charge in [-0.2, -0.15) is 5.10 Å². The number of amides is 1. The monoisotopic (exact) mass is 406 g/mol. The van der Waals surface area contributed by atoms with Gasteiger partial charge in [-0.05, 0) is 25.1 Å². The summed E-state index contributed by atoms with van der Waals surface area (Å²) in [6.07, 6.45) is 1.49. The minimum atomic E-state index is -0.304. The third-order valence-electron chi connectivity index (χ3n) is 4.69. The molecule has 2 aromatic carbocycles. The average Bonchev–Trinajstić information content (AvgIpc) is 3.10. The molecule has 4 aromatic rings. The molecule has 29 heavy (non-hydrogen) atoms. The van der Waals surface area contributed by atoms with Crippen LogP contribution in [0.25, 0.3) is 16.7 Å². The van der Waals surface area contributed by atoms with Crippen molar-refractivity contribution in [3.8, 4) is 11.4 Å². The molecule has 0 atom stereocenters. The second-order valence-corrected chi connectivity index (χ2v) is 6.89.